The summed E-state index contributed by atoms with van der Waals surface area (Å²) in [6, 6.07) is 0.458. The molecule has 1 aliphatic carbocycles. The lowest BCUT2D eigenvalue weighted by molar-refractivity contribution is -0.148. The molecule has 2 rings (SSSR count). The van der Waals surface area contributed by atoms with Gasteiger partial charge in [-0.05, 0) is 44.6 Å². The molecule has 1 saturated carbocycles. The van der Waals surface area contributed by atoms with Gasteiger partial charge in [-0.3, -0.25) is 10.1 Å². The van der Waals surface area contributed by atoms with E-state index >= 15 is 0 Å². The number of carbonyl (C=O) groups is 1. The van der Waals surface area contributed by atoms with Gasteiger partial charge in [0.25, 0.3) is 0 Å². The predicted molar refractivity (Wildman–Crippen MR) is 81.2 cm³/mol. The van der Waals surface area contributed by atoms with Crippen molar-refractivity contribution in [2.24, 2.45) is 0 Å². The monoisotopic (exact) mass is 315 g/mol. The molecule has 2 atom stereocenters. The standard InChI is InChI=1S/C13H21N3O2S2/c1-8(19-12-14-9(2)16-20-12)7-13(3,11(17)18-4)15-10-5-6-10/h8,10,15H,5-7H2,1-4H3. The third-order valence-electron chi connectivity index (χ3n) is 3.24. The molecule has 5 nitrogen and oxygen atoms in total. The maximum Gasteiger partial charge on any atom is 0.325 e. The summed E-state index contributed by atoms with van der Waals surface area (Å²) in [5.41, 5.74) is -0.623. The van der Waals surface area contributed by atoms with Crippen LogP contribution in [0.25, 0.3) is 0 Å². The minimum absolute atomic E-state index is 0.190. The zero-order valence-corrected chi connectivity index (χ0v) is 13.9. The molecule has 7 heteroatoms. The van der Waals surface area contributed by atoms with Crippen molar-refractivity contribution < 1.29 is 9.53 Å². The molecule has 20 heavy (non-hydrogen) atoms. The summed E-state index contributed by atoms with van der Waals surface area (Å²) in [6.45, 7) is 5.93. The van der Waals surface area contributed by atoms with E-state index in [1.807, 2.05) is 13.8 Å². The molecule has 1 aliphatic rings. The second kappa shape index (κ2) is 6.41. The van der Waals surface area contributed by atoms with Gasteiger partial charge in [-0.1, -0.05) is 18.7 Å². The average molecular weight is 315 g/mol. The molecular weight excluding hydrogens is 294 g/mol. The van der Waals surface area contributed by atoms with Crippen molar-refractivity contribution in [3.63, 3.8) is 0 Å². The van der Waals surface area contributed by atoms with Gasteiger partial charge in [-0.2, -0.15) is 4.37 Å². The van der Waals surface area contributed by atoms with Crippen LogP contribution in [-0.4, -0.2) is 39.3 Å². The van der Waals surface area contributed by atoms with Crippen LogP contribution in [0.15, 0.2) is 4.34 Å². The van der Waals surface area contributed by atoms with Crippen LogP contribution in [-0.2, 0) is 9.53 Å². The van der Waals surface area contributed by atoms with Crippen molar-refractivity contribution in [3.8, 4) is 0 Å². The summed E-state index contributed by atoms with van der Waals surface area (Å²) in [7, 11) is 1.45. The van der Waals surface area contributed by atoms with Gasteiger partial charge < -0.3 is 4.74 Å². The molecule has 1 aromatic heterocycles. The minimum atomic E-state index is -0.623. The quantitative estimate of drug-likeness (QED) is 0.616. The maximum atomic E-state index is 12.1. The fraction of sp³-hybridized carbons (Fsp3) is 0.769. The number of hydrogen-bond donors (Lipinski definition) is 1. The number of aryl methyl sites for hydroxylation is 1. The molecule has 0 aliphatic heterocycles. The Balaban J connectivity index is 1.97. The number of esters is 1. The van der Waals surface area contributed by atoms with Crippen LogP contribution in [0.2, 0.25) is 0 Å². The highest BCUT2D eigenvalue weighted by molar-refractivity contribution is 8.01. The number of nitrogens with zero attached hydrogens (tertiary/aromatic N) is 2. The van der Waals surface area contributed by atoms with Crippen molar-refractivity contribution >= 4 is 29.3 Å². The lowest BCUT2D eigenvalue weighted by Gasteiger charge is -2.30. The fourth-order valence-electron chi connectivity index (χ4n) is 2.22. The van der Waals surface area contributed by atoms with E-state index in [-0.39, 0.29) is 11.2 Å². The van der Waals surface area contributed by atoms with Crippen LogP contribution in [0.5, 0.6) is 0 Å². The summed E-state index contributed by atoms with van der Waals surface area (Å²) >= 11 is 3.07. The van der Waals surface area contributed by atoms with Crippen molar-refractivity contribution in [1.29, 1.82) is 0 Å². The predicted octanol–water partition coefficient (Wildman–Crippen LogP) is 2.40. The van der Waals surface area contributed by atoms with Crippen molar-refractivity contribution in [2.75, 3.05) is 7.11 Å². The first kappa shape index (κ1) is 15.7. The second-order valence-corrected chi connectivity index (χ2v) is 7.92. The van der Waals surface area contributed by atoms with Crippen molar-refractivity contribution in [1.82, 2.24) is 14.7 Å². The Hall–Kier alpha value is -0.660. The van der Waals surface area contributed by atoms with E-state index in [4.69, 9.17) is 4.74 Å². The summed E-state index contributed by atoms with van der Waals surface area (Å²) in [4.78, 5) is 16.4. The number of hydrogen-bond acceptors (Lipinski definition) is 7. The van der Waals surface area contributed by atoms with Gasteiger partial charge in [0, 0.05) is 11.3 Å². The number of methoxy groups -OCH3 is 1. The Labute approximate surface area is 128 Å². The highest BCUT2D eigenvalue weighted by atomic mass is 32.2. The van der Waals surface area contributed by atoms with Crippen LogP contribution >= 0.6 is 23.3 Å². The Morgan fingerprint density at radius 2 is 2.35 bits per heavy atom. The van der Waals surface area contributed by atoms with Crippen LogP contribution < -0.4 is 5.32 Å². The largest absolute Gasteiger partial charge is 0.468 e. The molecule has 0 amide bonds. The number of thioether (sulfide) groups is 1. The van der Waals surface area contributed by atoms with Gasteiger partial charge in [0.15, 0.2) is 4.34 Å². The number of aromatic nitrogens is 2. The Morgan fingerprint density at radius 1 is 1.65 bits per heavy atom. The highest BCUT2D eigenvalue weighted by Crippen LogP contribution is 2.32. The van der Waals surface area contributed by atoms with E-state index in [9.17, 15) is 4.79 Å². The Kier molecular flexibility index (Phi) is 5.04. The summed E-state index contributed by atoms with van der Waals surface area (Å²) in [6.07, 6.45) is 2.99. The third-order valence-corrected chi connectivity index (χ3v) is 5.22. The molecular formula is C13H21N3O2S2. The minimum Gasteiger partial charge on any atom is -0.468 e. The molecule has 0 bridgehead atoms. The molecule has 1 aromatic rings. The summed E-state index contributed by atoms with van der Waals surface area (Å²) < 4.78 is 10.1. The molecule has 1 N–H and O–H groups in total. The van der Waals surface area contributed by atoms with Gasteiger partial charge in [-0.15, -0.1) is 0 Å². The number of rotatable bonds is 7. The molecule has 0 saturated heterocycles. The number of ether oxygens (including phenoxy) is 1. The number of nitrogens with one attached hydrogen (secondary N) is 1. The van der Waals surface area contributed by atoms with Crippen molar-refractivity contribution in [3.05, 3.63) is 5.82 Å². The highest BCUT2D eigenvalue weighted by Gasteiger charge is 2.40. The van der Waals surface area contributed by atoms with Crippen LogP contribution in [0.1, 0.15) is 38.9 Å². The van der Waals surface area contributed by atoms with Gasteiger partial charge >= 0.3 is 5.97 Å². The number of carbonyl (C=O) groups excluding carboxylic acids is 1. The van der Waals surface area contributed by atoms with Gasteiger partial charge in [0.2, 0.25) is 0 Å². The van der Waals surface area contributed by atoms with E-state index < -0.39 is 5.54 Å². The molecule has 2 unspecified atom stereocenters. The molecule has 1 heterocycles. The average Bonchev–Trinajstić information content (AvgIpc) is 3.09. The fourth-order valence-corrected chi connectivity index (χ4v) is 4.37. The molecule has 0 aromatic carbocycles. The van der Waals surface area contributed by atoms with E-state index in [1.165, 1.54) is 18.6 Å². The second-order valence-electron chi connectivity index (χ2n) is 5.48. The van der Waals surface area contributed by atoms with Crippen LogP contribution in [0, 0.1) is 6.92 Å². The zero-order chi connectivity index (χ0) is 14.8. The van der Waals surface area contributed by atoms with E-state index in [0.717, 1.165) is 23.0 Å². The van der Waals surface area contributed by atoms with E-state index in [2.05, 4.69) is 21.6 Å². The Bertz CT molecular complexity index is 476. The Morgan fingerprint density at radius 3 is 2.85 bits per heavy atom. The van der Waals surface area contributed by atoms with E-state index in [1.54, 1.807) is 11.8 Å². The lowest BCUT2D eigenvalue weighted by atomic mass is 9.96. The first-order valence-corrected chi connectivity index (χ1v) is 8.41. The van der Waals surface area contributed by atoms with Crippen LogP contribution in [0.4, 0.5) is 0 Å². The van der Waals surface area contributed by atoms with Crippen molar-refractivity contribution in [2.45, 2.75) is 61.2 Å². The normalized spacial score (nSPS) is 19.4. The van der Waals surface area contributed by atoms with Gasteiger partial charge in [0.05, 0.1) is 7.11 Å². The smallest absolute Gasteiger partial charge is 0.325 e. The summed E-state index contributed by atoms with van der Waals surface area (Å²) in [5.74, 6) is 0.613. The molecule has 112 valence electrons. The topological polar surface area (TPSA) is 64.1 Å². The first-order chi connectivity index (χ1) is 9.43. The van der Waals surface area contributed by atoms with E-state index in [0.29, 0.717) is 12.5 Å². The first-order valence-electron chi connectivity index (χ1n) is 6.76. The molecule has 0 spiro atoms. The third kappa shape index (κ3) is 4.17. The maximum absolute atomic E-state index is 12.1. The lowest BCUT2D eigenvalue weighted by Crippen LogP contribution is -2.52. The molecule has 1 fully saturated rings. The van der Waals surface area contributed by atoms with Gasteiger partial charge in [0.1, 0.15) is 11.4 Å². The van der Waals surface area contributed by atoms with Gasteiger partial charge in [-0.25, -0.2) is 4.98 Å². The summed E-state index contributed by atoms with van der Waals surface area (Å²) in [5, 5.41) is 3.68. The molecule has 0 radical (unpaired) electrons. The SMILES string of the molecule is COC(=O)C(C)(CC(C)Sc1nc(C)ns1)NC1CC1. The van der Waals surface area contributed by atoms with Crippen LogP contribution in [0.3, 0.4) is 0 Å². The zero-order valence-electron chi connectivity index (χ0n) is 12.3.